The average Bonchev–Trinajstić information content (AvgIpc) is 3.26. The highest BCUT2D eigenvalue weighted by Crippen LogP contribution is 2.29. The van der Waals surface area contributed by atoms with Gasteiger partial charge in [0.1, 0.15) is 23.9 Å². The van der Waals surface area contributed by atoms with Crippen molar-refractivity contribution in [3.8, 4) is 17.2 Å². The molecule has 3 aromatic rings. The number of hydrogen-bond acceptors (Lipinski definition) is 8. The van der Waals surface area contributed by atoms with Crippen LogP contribution in [-0.4, -0.2) is 44.5 Å². The molecule has 0 N–H and O–H groups in total. The lowest BCUT2D eigenvalue weighted by molar-refractivity contribution is 0.0710. The van der Waals surface area contributed by atoms with Crippen LogP contribution < -0.4 is 9.47 Å². The Labute approximate surface area is 187 Å². The average molecular weight is 463 g/mol. The Morgan fingerprint density at radius 1 is 1.10 bits per heavy atom. The molecule has 0 saturated heterocycles. The maximum absolute atomic E-state index is 11.6. The maximum Gasteiger partial charge on any atom is 0.175 e. The second-order valence-corrected chi connectivity index (χ2v) is 10.1. The summed E-state index contributed by atoms with van der Waals surface area (Å²) in [5, 5.41) is 3.08. The van der Waals surface area contributed by atoms with Gasteiger partial charge in [-0.1, -0.05) is 0 Å². The summed E-state index contributed by atoms with van der Waals surface area (Å²) in [6.45, 7) is 2.32. The third-order valence-electron chi connectivity index (χ3n) is 4.56. The molecule has 0 aliphatic heterocycles. The number of hydrogen-bond donors (Lipinski definition) is 0. The van der Waals surface area contributed by atoms with Crippen LogP contribution in [0.1, 0.15) is 24.0 Å². The van der Waals surface area contributed by atoms with E-state index in [1.54, 1.807) is 42.8 Å². The van der Waals surface area contributed by atoms with Gasteiger partial charge in [0.05, 0.1) is 27.9 Å². The fourth-order valence-corrected chi connectivity index (χ4v) is 4.07. The van der Waals surface area contributed by atoms with Gasteiger partial charge in [-0.05, 0) is 50.5 Å². The van der Waals surface area contributed by atoms with E-state index < -0.39 is 9.84 Å². The number of nitrogens with zero attached hydrogens (tertiary/aromatic N) is 2. The number of benzene rings is 1. The Balaban J connectivity index is 1.72. The normalized spacial score (nSPS) is 12.5. The van der Waals surface area contributed by atoms with E-state index in [1.807, 2.05) is 18.5 Å². The van der Waals surface area contributed by atoms with Gasteiger partial charge in [0.15, 0.2) is 9.84 Å². The van der Waals surface area contributed by atoms with Gasteiger partial charge in [0.2, 0.25) is 0 Å². The van der Waals surface area contributed by atoms with Crippen LogP contribution in [0.4, 0.5) is 0 Å². The molecule has 2 aromatic heterocycles. The quantitative estimate of drug-likeness (QED) is 0.419. The second kappa shape index (κ2) is 10.7. The SMILES string of the molecule is COC(C)COc1cc(Oc2ccc(S(C)(=O)=O)cc2)cnc1CCCc1nccs1. The molecular weight excluding hydrogens is 436 g/mol. The third-order valence-corrected chi connectivity index (χ3v) is 6.52. The van der Waals surface area contributed by atoms with E-state index >= 15 is 0 Å². The van der Waals surface area contributed by atoms with Gasteiger partial charge in [0, 0.05) is 31.0 Å². The van der Waals surface area contributed by atoms with Crippen LogP contribution in [0.3, 0.4) is 0 Å². The lowest BCUT2D eigenvalue weighted by Gasteiger charge is -2.15. The number of aromatic nitrogens is 2. The van der Waals surface area contributed by atoms with Crippen LogP contribution in [0.2, 0.25) is 0 Å². The Morgan fingerprint density at radius 3 is 2.52 bits per heavy atom. The minimum absolute atomic E-state index is 0.0590. The summed E-state index contributed by atoms with van der Waals surface area (Å²) < 4.78 is 40.3. The van der Waals surface area contributed by atoms with Crippen LogP contribution in [0.5, 0.6) is 17.2 Å². The lowest BCUT2D eigenvalue weighted by Crippen LogP contribution is -2.17. The maximum atomic E-state index is 11.6. The number of pyridine rings is 1. The number of thiazole rings is 1. The zero-order valence-electron chi connectivity index (χ0n) is 17.8. The van der Waals surface area contributed by atoms with Crippen LogP contribution >= 0.6 is 11.3 Å². The molecule has 1 aromatic carbocycles. The summed E-state index contributed by atoms with van der Waals surface area (Å²) in [6, 6.07) is 8.07. The molecule has 0 aliphatic carbocycles. The van der Waals surface area contributed by atoms with Crippen LogP contribution in [0, 0.1) is 0 Å². The zero-order valence-corrected chi connectivity index (χ0v) is 19.4. The van der Waals surface area contributed by atoms with Crippen molar-refractivity contribution in [1.82, 2.24) is 9.97 Å². The number of methoxy groups -OCH3 is 1. The molecular formula is C22H26N2O5S2. The summed E-state index contributed by atoms with van der Waals surface area (Å²) in [5.41, 5.74) is 0.847. The summed E-state index contributed by atoms with van der Waals surface area (Å²) in [5.74, 6) is 1.67. The zero-order chi connectivity index (χ0) is 22.3. The van der Waals surface area contributed by atoms with Gasteiger partial charge < -0.3 is 14.2 Å². The van der Waals surface area contributed by atoms with Crippen molar-refractivity contribution in [2.24, 2.45) is 0 Å². The van der Waals surface area contributed by atoms with E-state index in [0.717, 1.165) is 30.0 Å². The first-order valence-electron chi connectivity index (χ1n) is 9.86. The van der Waals surface area contributed by atoms with Crippen molar-refractivity contribution in [3.05, 3.63) is 58.8 Å². The van der Waals surface area contributed by atoms with Gasteiger partial charge in [-0.25, -0.2) is 13.4 Å². The number of aryl methyl sites for hydroxylation is 2. The second-order valence-electron chi connectivity index (χ2n) is 7.10. The minimum Gasteiger partial charge on any atom is -0.489 e. The van der Waals surface area contributed by atoms with E-state index in [4.69, 9.17) is 14.2 Å². The van der Waals surface area contributed by atoms with Gasteiger partial charge in [0.25, 0.3) is 0 Å². The summed E-state index contributed by atoms with van der Waals surface area (Å²) in [4.78, 5) is 9.11. The van der Waals surface area contributed by atoms with Crippen molar-refractivity contribution >= 4 is 21.2 Å². The fourth-order valence-electron chi connectivity index (χ4n) is 2.77. The van der Waals surface area contributed by atoms with Crippen molar-refractivity contribution in [1.29, 1.82) is 0 Å². The summed E-state index contributed by atoms with van der Waals surface area (Å²) in [7, 11) is -1.61. The minimum atomic E-state index is -3.25. The Bertz CT molecular complexity index is 1070. The fraction of sp³-hybridized carbons (Fsp3) is 0.364. The first-order chi connectivity index (χ1) is 14.8. The topological polar surface area (TPSA) is 87.6 Å². The molecule has 2 heterocycles. The third kappa shape index (κ3) is 7.02. The van der Waals surface area contributed by atoms with Gasteiger partial charge in [-0.2, -0.15) is 0 Å². The molecule has 0 spiro atoms. The molecule has 166 valence electrons. The van der Waals surface area contributed by atoms with Crippen molar-refractivity contribution in [3.63, 3.8) is 0 Å². The van der Waals surface area contributed by atoms with Gasteiger partial charge in [-0.15, -0.1) is 11.3 Å². The van der Waals surface area contributed by atoms with E-state index in [2.05, 4.69) is 9.97 Å². The molecule has 0 radical (unpaired) electrons. The van der Waals surface area contributed by atoms with E-state index in [1.165, 1.54) is 18.4 Å². The van der Waals surface area contributed by atoms with Gasteiger partial charge in [-0.3, -0.25) is 4.98 Å². The summed E-state index contributed by atoms with van der Waals surface area (Å²) in [6.07, 6.45) is 7.12. The highest BCUT2D eigenvalue weighted by atomic mass is 32.2. The molecule has 1 unspecified atom stereocenters. The lowest BCUT2D eigenvalue weighted by atomic mass is 10.1. The Kier molecular flexibility index (Phi) is 8.00. The predicted molar refractivity (Wildman–Crippen MR) is 120 cm³/mol. The first-order valence-corrected chi connectivity index (χ1v) is 12.6. The molecule has 0 amide bonds. The molecule has 0 aliphatic rings. The standard InChI is InChI=1S/C22H26N2O5S2/c1-16(27-2)15-28-21-13-18(29-17-7-9-19(10-8-17)31(3,25)26)14-24-20(21)5-4-6-22-23-11-12-30-22/h7-14,16H,4-6,15H2,1-3H3. The largest absolute Gasteiger partial charge is 0.489 e. The molecule has 3 rings (SSSR count). The van der Waals surface area contributed by atoms with Crippen molar-refractivity contribution in [2.75, 3.05) is 20.0 Å². The van der Waals surface area contributed by atoms with E-state index in [0.29, 0.717) is 23.9 Å². The molecule has 0 bridgehead atoms. The Morgan fingerprint density at radius 2 is 1.87 bits per heavy atom. The van der Waals surface area contributed by atoms with Gasteiger partial charge >= 0.3 is 0 Å². The molecule has 0 saturated carbocycles. The molecule has 31 heavy (non-hydrogen) atoms. The molecule has 7 nitrogen and oxygen atoms in total. The highest BCUT2D eigenvalue weighted by molar-refractivity contribution is 7.90. The monoisotopic (exact) mass is 462 g/mol. The van der Waals surface area contributed by atoms with Crippen LogP contribution in [0.15, 0.2) is 53.0 Å². The Hall–Kier alpha value is -2.49. The number of sulfone groups is 1. The molecule has 0 fully saturated rings. The highest BCUT2D eigenvalue weighted by Gasteiger charge is 2.12. The van der Waals surface area contributed by atoms with E-state index in [9.17, 15) is 8.42 Å². The molecule has 1 atom stereocenters. The smallest absolute Gasteiger partial charge is 0.175 e. The number of ether oxygens (including phenoxy) is 3. The number of rotatable bonds is 11. The van der Waals surface area contributed by atoms with E-state index in [-0.39, 0.29) is 11.0 Å². The van der Waals surface area contributed by atoms with Crippen LogP contribution in [0.25, 0.3) is 0 Å². The van der Waals surface area contributed by atoms with Crippen LogP contribution in [-0.2, 0) is 27.4 Å². The predicted octanol–water partition coefficient (Wildman–Crippen LogP) is 4.32. The summed E-state index contributed by atoms with van der Waals surface area (Å²) >= 11 is 1.65. The first kappa shape index (κ1) is 23.2. The molecule has 9 heteroatoms. The van der Waals surface area contributed by atoms with Crippen molar-refractivity contribution in [2.45, 2.75) is 37.2 Å². The van der Waals surface area contributed by atoms with Crippen molar-refractivity contribution < 1.29 is 22.6 Å².